The zero-order valence-electron chi connectivity index (χ0n) is 13.3. The van der Waals surface area contributed by atoms with Crippen molar-refractivity contribution >= 4 is 34.0 Å². The van der Waals surface area contributed by atoms with Crippen LogP contribution in [-0.4, -0.2) is 37.8 Å². The van der Waals surface area contributed by atoms with E-state index in [1.807, 2.05) is 13.8 Å². The van der Waals surface area contributed by atoms with Gasteiger partial charge in [0.25, 0.3) is 0 Å². The molecule has 0 saturated carbocycles. The van der Waals surface area contributed by atoms with Crippen LogP contribution in [0.4, 0.5) is 0 Å². The van der Waals surface area contributed by atoms with E-state index in [2.05, 4.69) is 31.8 Å². The Labute approximate surface area is 143 Å². The van der Waals surface area contributed by atoms with Crippen LogP contribution >= 0.6 is 15.9 Å². The summed E-state index contributed by atoms with van der Waals surface area (Å²) in [5.74, 6) is -0.372. The summed E-state index contributed by atoms with van der Waals surface area (Å²) in [4.78, 5) is 22.7. The molecule has 2 amide bonds. The second-order valence-electron chi connectivity index (χ2n) is 4.25. The lowest BCUT2D eigenvalue weighted by atomic mass is 10.2. The highest BCUT2D eigenvalue weighted by atomic mass is 79.9. The molecular weight excluding hydrogens is 366 g/mol. The van der Waals surface area contributed by atoms with E-state index in [1.165, 1.54) is 6.21 Å². The minimum atomic E-state index is -0.821. The van der Waals surface area contributed by atoms with E-state index in [-0.39, 0.29) is 0 Å². The molecule has 0 radical (unpaired) electrons. The SMILES string of the molecule is CCNC(=O)C(=O)N/N=C\c1cc(Br)c(OCC)c(OCC)c1. The zero-order chi connectivity index (χ0) is 17.2. The maximum Gasteiger partial charge on any atom is 0.329 e. The van der Waals surface area contributed by atoms with Crippen molar-refractivity contribution in [2.24, 2.45) is 5.10 Å². The Hall–Kier alpha value is -2.09. The van der Waals surface area contributed by atoms with Crippen molar-refractivity contribution in [3.63, 3.8) is 0 Å². The largest absolute Gasteiger partial charge is 0.490 e. The molecule has 7 nitrogen and oxygen atoms in total. The molecule has 0 aliphatic rings. The first kappa shape index (κ1) is 19.0. The smallest absolute Gasteiger partial charge is 0.329 e. The number of likely N-dealkylation sites (N-methyl/N-ethyl adjacent to an activating group) is 1. The molecular formula is C15H20BrN3O4. The third-order valence-electron chi connectivity index (χ3n) is 2.54. The molecule has 0 aliphatic heterocycles. The van der Waals surface area contributed by atoms with Gasteiger partial charge in [-0.25, -0.2) is 5.43 Å². The van der Waals surface area contributed by atoms with Crippen LogP contribution < -0.4 is 20.2 Å². The zero-order valence-corrected chi connectivity index (χ0v) is 14.9. The highest BCUT2D eigenvalue weighted by molar-refractivity contribution is 9.10. The highest BCUT2D eigenvalue weighted by Crippen LogP contribution is 2.36. The number of halogens is 1. The van der Waals surface area contributed by atoms with Crippen LogP contribution in [0.15, 0.2) is 21.7 Å². The average molecular weight is 386 g/mol. The van der Waals surface area contributed by atoms with Crippen molar-refractivity contribution in [2.75, 3.05) is 19.8 Å². The summed E-state index contributed by atoms with van der Waals surface area (Å²) in [7, 11) is 0. The number of hydrogen-bond donors (Lipinski definition) is 2. The highest BCUT2D eigenvalue weighted by Gasteiger charge is 2.12. The minimum absolute atomic E-state index is 0.375. The van der Waals surface area contributed by atoms with Gasteiger partial charge in [-0.15, -0.1) is 0 Å². The van der Waals surface area contributed by atoms with Crippen molar-refractivity contribution < 1.29 is 19.1 Å². The molecule has 1 aromatic carbocycles. The summed E-state index contributed by atoms with van der Waals surface area (Å²) < 4.78 is 11.8. The van der Waals surface area contributed by atoms with Gasteiger partial charge in [0.1, 0.15) is 0 Å². The fourth-order valence-corrected chi connectivity index (χ4v) is 2.24. The second kappa shape index (κ2) is 9.83. The van der Waals surface area contributed by atoms with Crippen LogP contribution in [0.3, 0.4) is 0 Å². The molecule has 0 unspecified atom stereocenters. The number of hydrogen-bond acceptors (Lipinski definition) is 5. The molecule has 1 rings (SSSR count). The van der Waals surface area contributed by atoms with Crippen LogP contribution in [0, 0.1) is 0 Å². The topological polar surface area (TPSA) is 89.0 Å². The number of hydrazone groups is 1. The van der Waals surface area contributed by atoms with Crippen molar-refractivity contribution in [3.8, 4) is 11.5 Å². The number of benzene rings is 1. The molecule has 0 saturated heterocycles. The molecule has 0 spiro atoms. The lowest BCUT2D eigenvalue weighted by Gasteiger charge is -2.13. The number of rotatable bonds is 7. The third-order valence-corrected chi connectivity index (χ3v) is 3.13. The average Bonchev–Trinajstić information content (AvgIpc) is 2.51. The lowest BCUT2D eigenvalue weighted by Crippen LogP contribution is -2.37. The standard InChI is InChI=1S/C15H20BrN3O4/c1-4-17-14(20)15(21)19-18-9-10-7-11(16)13(23-6-3)12(8-10)22-5-2/h7-9H,4-6H2,1-3H3,(H,17,20)(H,19,21)/b18-9-. The number of amides is 2. The Morgan fingerprint density at radius 1 is 1.17 bits per heavy atom. The van der Waals surface area contributed by atoms with E-state index in [0.717, 1.165) is 0 Å². The Morgan fingerprint density at radius 3 is 2.48 bits per heavy atom. The predicted molar refractivity (Wildman–Crippen MR) is 90.9 cm³/mol. The van der Waals surface area contributed by atoms with Gasteiger partial charge in [0.2, 0.25) is 0 Å². The van der Waals surface area contributed by atoms with Crippen LogP contribution in [0.5, 0.6) is 11.5 Å². The van der Waals surface area contributed by atoms with Crippen molar-refractivity contribution in [2.45, 2.75) is 20.8 Å². The summed E-state index contributed by atoms with van der Waals surface area (Å²) in [5, 5.41) is 6.14. The van der Waals surface area contributed by atoms with Crippen LogP contribution in [0.25, 0.3) is 0 Å². The first-order valence-corrected chi connectivity index (χ1v) is 8.03. The first-order valence-electron chi connectivity index (χ1n) is 7.23. The Bertz CT molecular complexity index is 590. The van der Waals surface area contributed by atoms with Gasteiger partial charge in [0.15, 0.2) is 11.5 Å². The molecule has 23 heavy (non-hydrogen) atoms. The quantitative estimate of drug-likeness (QED) is 0.425. The molecule has 0 heterocycles. The molecule has 0 atom stereocenters. The fourth-order valence-electron chi connectivity index (χ4n) is 1.67. The van der Waals surface area contributed by atoms with Gasteiger partial charge < -0.3 is 14.8 Å². The summed E-state index contributed by atoms with van der Waals surface area (Å²) in [6, 6.07) is 3.51. The van der Waals surface area contributed by atoms with Gasteiger partial charge in [-0.3, -0.25) is 9.59 Å². The lowest BCUT2D eigenvalue weighted by molar-refractivity contribution is -0.139. The predicted octanol–water partition coefficient (Wildman–Crippen LogP) is 1.83. The monoisotopic (exact) mass is 385 g/mol. The van der Waals surface area contributed by atoms with Crippen molar-refractivity contribution in [3.05, 3.63) is 22.2 Å². The Morgan fingerprint density at radius 2 is 1.87 bits per heavy atom. The van der Waals surface area contributed by atoms with Gasteiger partial charge in [-0.05, 0) is 54.4 Å². The Balaban J connectivity index is 2.86. The van der Waals surface area contributed by atoms with Gasteiger partial charge >= 0.3 is 11.8 Å². The molecule has 1 aromatic rings. The van der Waals surface area contributed by atoms with E-state index in [0.29, 0.717) is 41.3 Å². The van der Waals surface area contributed by atoms with Gasteiger partial charge in [0.05, 0.1) is 23.9 Å². The number of nitrogens with one attached hydrogen (secondary N) is 2. The molecule has 0 fully saturated rings. The van der Waals surface area contributed by atoms with E-state index in [1.54, 1.807) is 19.1 Å². The molecule has 126 valence electrons. The molecule has 0 aliphatic carbocycles. The first-order chi connectivity index (χ1) is 11.0. The minimum Gasteiger partial charge on any atom is -0.490 e. The summed E-state index contributed by atoms with van der Waals surface area (Å²) in [6.07, 6.45) is 1.42. The molecule has 8 heteroatoms. The molecule has 0 bridgehead atoms. The van der Waals surface area contributed by atoms with Gasteiger partial charge in [0, 0.05) is 6.54 Å². The van der Waals surface area contributed by atoms with Crippen LogP contribution in [0.2, 0.25) is 0 Å². The third kappa shape index (κ3) is 5.90. The number of nitrogens with zero attached hydrogens (tertiary/aromatic N) is 1. The summed E-state index contributed by atoms with van der Waals surface area (Å²) >= 11 is 3.42. The van der Waals surface area contributed by atoms with Crippen LogP contribution in [-0.2, 0) is 9.59 Å². The number of ether oxygens (including phenoxy) is 2. The number of carbonyl (C=O) groups is 2. The van der Waals surface area contributed by atoms with Crippen molar-refractivity contribution in [1.29, 1.82) is 0 Å². The van der Waals surface area contributed by atoms with Gasteiger partial charge in [-0.1, -0.05) is 0 Å². The van der Waals surface area contributed by atoms with E-state index < -0.39 is 11.8 Å². The molecule has 0 aromatic heterocycles. The van der Waals surface area contributed by atoms with E-state index >= 15 is 0 Å². The fraction of sp³-hybridized carbons (Fsp3) is 0.400. The molecule has 2 N–H and O–H groups in total. The summed E-state index contributed by atoms with van der Waals surface area (Å²) in [5.41, 5.74) is 2.84. The maximum atomic E-state index is 11.4. The van der Waals surface area contributed by atoms with Gasteiger partial charge in [-0.2, -0.15) is 5.10 Å². The normalized spacial score (nSPS) is 10.4. The Kier molecular flexibility index (Phi) is 8.10. The van der Waals surface area contributed by atoms with E-state index in [4.69, 9.17) is 9.47 Å². The number of carbonyl (C=O) groups excluding carboxylic acids is 2. The second-order valence-corrected chi connectivity index (χ2v) is 5.11. The van der Waals surface area contributed by atoms with E-state index in [9.17, 15) is 9.59 Å². The van der Waals surface area contributed by atoms with Crippen molar-refractivity contribution in [1.82, 2.24) is 10.7 Å². The summed E-state index contributed by atoms with van der Waals surface area (Å²) in [6.45, 7) is 6.85. The maximum absolute atomic E-state index is 11.4. The van der Waals surface area contributed by atoms with Crippen LogP contribution in [0.1, 0.15) is 26.3 Å².